The molecule has 0 saturated carbocycles. The average Bonchev–Trinajstić information content (AvgIpc) is 3.32. The first-order valence-electron chi connectivity index (χ1n) is 11.0. The van der Waals surface area contributed by atoms with E-state index in [1.807, 2.05) is 54.0 Å². The third-order valence-electron chi connectivity index (χ3n) is 5.76. The van der Waals surface area contributed by atoms with Crippen LogP contribution in [0.4, 0.5) is 5.82 Å². The van der Waals surface area contributed by atoms with Gasteiger partial charge in [0.1, 0.15) is 23.6 Å². The Morgan fingerprint density at radius 3 is 2.85 bits per heavy atom. The summed E-state index contributed by atoms with van der Waals surface area (Å²) in [5, 5.41) is 11.2. The zero-order chi connectivity index (χ0) is 22.8. The lowest BCUT2D eigenvalue weighted by Crippen LogP contribution is -2.16. The highest BCUT2D eigenvalue weighted by Crippen LogP contribution is 2.29. The van der Waals surface area contributed by atoms with Gasteiger partial charge in [-0.1, -0.05) is 18.2 Å². The molecule has 2 bridgehead atoms. The molecule has 5 rings (SSSR count). The minimum Gasteiger partial charge on any atom is -0.493 e. The standard InChI is InChI=1S/C25H24N6O2/c1-16-8-9-19(14-26-16)18-10-11-22-20(13-18)25(32)29-23-7-3-6-21(28-23)24-30-27-15-31(24)17(2)5-4-12-33-22/h3,6-11,13-15,17H,4-5,12H2,1-2H3,(H,28,29,32)/t17-/m0/s1. The van der Waals surface area contributed by atoms with Crippen molar-refractivity contribution in [2.75, 3.05) is 11.9 Å². The van der Waals surface area contributed by atoms with Gasteiger partial charge in [-0.25, -0.2) is 4.98 Å². The van der Waals surface area contributed by atoms with E-state index in [1.54, 1.807) is 18.6 Å². The maximum Gasteiger partial charge on any atom is 0.260 e. The average molecular weight is 441 g/mol. The van der Waals surface area contributed by atoms with Crippen LogP contribution in [-0.4, -0.2) is 37.2 Å². The summed E-state index contributed by atoms with van der Waals surface area (Å²) in [6.45, 7) is 4.57. The fourth-order valence-electron chi connectivity index (χ4n) is 3.91. The van der Waals surface area contributed by atoms with Crippen LogP contribution < -0.4 is 10.1 Å². The van der Waals surface area contributed by atoms with Crippen LogP contribution in [0.1, 0.15) is 41.9 Å². The molecule has 33 heavy (non-hydrogen) atoms. The molecule has 1 N–H and O–H groups in total. The Kier molecular flexibility index (Phi) is 5.56. The molecule has 0 radical (unpaired) electrons. The molecule has 4 aromatic rings. The molecule has 1 aliphatic heterocycles. The van der Waals surface area contributed by atoms with E-state index in [1.165, 1.54) is 0 Å². The van der Waals surface area contributed by atoms with Crippen LogP contribution >= 0.6 is 0 Å². The zero-order valence-corrected chi connectivity index (χ0v) is 18.5. The van der Waals surface area contributed by atoms with Gasteiger partial charge in [-0.15, -0.1) is 10.2 Å². The van der Waals surface area contributed by atoms with Gasteiger partial charge in [-0.3, -0.25) is 9.78 Å². The van der Waals surface area contributed by atoms with Crippen LogP contribution in [0.15, 0.2) is 61.1 Å². The molecule has 1 aromatic carbocycles. The number of anilines is 1. The summed E-state index contributed by atoms with van der Waals surface area (Å²) >= 11 is 0. The molecule has 0 fully saturated rings. The summed E-state index contributed by atoms with van der Waals surface area (Å²) in [5.74, 6) is 1.36. The van der Waals surface area contributed by atoms with E-state index in [0.717, 1.165) is 29.7 Å². The fraction of sp³-hybridized carbons (Fsp3) is 0.240. The van der Waals surface area contributed by atoms with Gasteiger partial charge < -0.3 is 14.6 Å². The monoisotopic (exact) mass is 440 g/mol. The van der Waals surface area contributed by atoms with Crippen molar-refractivity contribution in [3.63, 3.8) is 0 Å². The van der Waals surface area contributed by atoms with Gasteiger partial charge >= 0.3 is 0 Å². The molecule has 1 aliphatic rings. The minimum atomic E-state index is -0.288. The minimum absolute atomic E-state index is 0.178. The Hall–Kier alpha value is -4.07. The van der Waals surface area contributed by atoms with Crippen molar-refractivity contribution in [2.45, 2.75) is 32.7 Å². The summed E-state index contributed by atoms with van der Waals surface area (Å²) in [5.41, 5.74) is 3.88. The Morgan fingerprint density at radius 2 is 2.00 bits per heavy atom. The Balaban J connectivity index is 1.55. The lowest BCUT2D eigenvalue weighted by molar-refractivity contribution is 0.102. The molecule has 8 nitrogen and oxygen atoms in total. The van der Waals surface area contributed by atoms with E-state index >= 15 is 0 Å². The smallest absolute Gasteiger partial charge is 0.260 e. The van der Waals surface area contributed by atoms with Crippen LogP contribution in [-0.2, 0) is 0 Å². The number of pyridine rings is 2. The molecule has 0 spiro atoms. The van der Waals surface area contributed by atoms with E-state index in [0.29, 0.717) is 35.3 Å². The molecule has 0 aliphatic carbocycles. The van der Waals surface area contributed by atoms with Crippen molar-refractivity contribution in [1.82, 2.24) is 24.7 Å². The molecule has 166 valence electrons. The van der Waals surface area contributed by atoms with E-state index in [2.05, 4.69) is 32.4 Å². The highest BCUT2D eigenvalue weighted by atomic mass is 16.5. The van der Waals surface area contributed by atoms with Crippen molar-refractivity contribution in [1.29, 1.82) is 0 Å². The number of aromatic nitrogens is 5. The lowest BCUT2D eigenvalue weighted by Gasteiger charge is -2.18. The van der Waals surface area contributed by atoms with Gasteiger partial charge in [0, 0.05) is 23.5 Å². The van der Waals surface area contributed by atoms with Crippen molar-refractivity contribution in [2.24, 2.45) is 0 Å². The predicted molar refractivity (Wildman–Crippen MR) is 125 cm³/mol. The van der Waals surface area contributed by atoms with Gasteiger partial charge in [0.2, 0.25) is 0 Å². The topological polar surface area (TPSA) is 94.8 Å². The van der Waals surface area contributed by atoms with Gasteiger partial charge in [-0.05, 0) is 62.6 Å². The number of hydrogen-bond acceptors (Lipinski definition) is 6. The summed E-state index contributed by atoms with van der Waals surface area (Å²) in [6, 6.07) is 15.2. The second-order valence-corrected chi connectivity index (χ2v) is 8.16. The Labute approximate surface area is 191 Å². The molecule has 3 aromatic heterocycles. The predicted octanol–water partition coefficient (Wildman–Crippen LogP) is 4.70. The maximum absolute atomic E-state index is 13.3. The molecule has 0 saturated heterocycles. The second kappa shape index (κ2) is 8.82. The number of ether oxygens (including phenoxy) is 1. The third kappa shape index (κ3) is 4.32. The number of benzene rings is 1. The lowest BCUT2D eigenvalue weighted by atomic mass is 10.0. The number of hydrogen-bond donors (Lipinski definition) is 1. The first-order chi connectivity index (χ1) is 16.1. The number of aryl methyl sites for hydroxylation is 1. The number of rotatable bonds is 1. The van der Waals surface area contributed by atoms with Crippen molar-refractivity contribution in [3.05, 3.63) is 72.3 Å². The largest absolute Gasteiger partial charge is 0.493 e. The van der Waals surface area contributed by atoms with Gasteiger partial charge in [0.25, 0.3) is 5.91 Å². The maximum atomic E-state index is 13.3. The third-order valence-corrected chi connectivity index (χ3v) is 5.76. The second-order valence-electron chi connectivity index (χ2n) is 8.16. The van der Waals surface area contributed by atoms with Gasteiger partial charge in [0.15, 0.2) is 5.82 Å². The molecule has 1 atom stereocenters. The number of nitrogens with zero attached hydrogens (tertiary/aromatic N) is 5. The van der Waals surface area contributed by atoms with Crippen molar-refractivity contribution >= 4 is 11.7 Å². The number of carbonyl (C=O) groups is 1. The number of nitrogens with one attached hydrogen (secondary N) is 1. The molecule has 0 unspecified atom stereocenters. The highest BCUT2D eigenvalue weighted by molar-refractivity contribution is 6.06. The summed E-state index contributed by atoms with van der Waals surface area (Å²) < 4.78 is 8.06. The van der Waals surface area contributed by atoms with Crippen molar-refractivity contribution in [3.8, 4) is 28.4 Å². The summed E-state index contributed by atoms with van der Waals surface area (Å²) in [7, 11) is 0. The van der Waals surface area contributed by atoms with Gasteiger partial charge in [0.05, 0.1) is 12.2 Å². The molecular formula is C25H24N6O2. The van der Waals surface area contributed by atoms with Crippen LogP contribution in [0.5, 0.6) is 5.75 Å². The Bertz CT molecular complexity index is 1300. The molecule has 1 amide bonds. The molecular weight excluding hydrogens is 416 g/mol. The zero-order valence-electron chi connectivity index (χ0n) is 18.5. The molecule has 8 heteroatoms. The number of fused-ring (bicyclic) bond motifs is 5. The fourth-order valence-corrected chi connectivity index (χ4v) is 3.91. The summed E-state index contributed by atoms with van der Waals surface area (Å²) in [4.78, 5) is 22.3. The first-order valence-corrected chi connectivity index (χ1v) is 11.0. The van der Waals surface area contributed by atoms with Gasteiger partial charge in [-0.2, -0.15) is 0 Å². The van der Waals surface area contributed by atoms with E-state index in [9.17, 15) is 4.79 Å². The first kappa shape index (κ1) is 20.8. The van der Waals surface area contributed by atoms with E-state index in [4.69, 9.17) is 4.74 Å². The normalized spacial score (nSPS) is 16.1. The SMILES string of the molecule is Cc1ccc(-c2ccc3c(c2)C(=O)Nc2cccc(n2)-c2nncn2[C@@H](C)CCCO3)cn1. The van der Waals surface area contributed by atoms with Crippen LogP contribution in [0.3, 0.4) is 0 Å². The number of carbonyl (C=O) groups excluding carboxylic acids is 1. The quantitative estimate of drug-likeness (QED) is 0.461. The Morgan fingerprint density at radius 1 is 1.12 bits per heavy atom. The van der Waals surface area contributed by atoms with E-state index in [-0.39, 0.29) is 11.9 Å². The van der Waals surface area contributed by atoms with Crippen LogP contribution in [0.2, 0.25) is 0 Å². The van der Waals surface area contributed by atoms with Crippen molar-refractivity contribution < 1.29 is 9.53 Å². The van der Waals surface area contributed by atoms with Crippen LogP contribution in [0, 0.1) is 6.92 Å². The van der Waals surface area contributed by atoms with E-state index < -0.39 is 0 Å². The highest BCUT2D eigenvalue weighted by Gasteiger charge is 2.19. The summed E-state index contributed by atoms with van der Waals surface area (Å²) in [6.07, 6.45) is 5.22. The van der Waals surface area contributed by atoms with Crippen LogP contribution in [0.25, 0.3) is 22.6 Å². The number of amides is 1. The molecule has 4 heterocycles.